The molecule has 0 saturated heterocycles. The van der Waals surface area contributed by atoms with Gasteiger partial charge in [0.25, 0.3) is 0 Å². The van der Waals surface area contributed by atoms with Crippen LogP contribution in [0.4, 0.5) is 0 Å². The standard InChI is InChI=1S/C45H32O/c1-45(2)38-24-22-32(33-23-25-41-36(26-33)34-20-12-13-21-40(34)46-41)27-37(38)44-39(45)28-35(29-14-6-3-7-15-29)42(30-16-8-4-9-17-30)43(44)31-18-10-5-11-19-31/h3-28H,1-2H3. The second-order valence-electron chi connectivity index (χ2n) is 12.9. The van der Waals surface area contributed by atoms with Gasteiger partial charge in [0, 0.05) is 16.2 Å². The second kappa shape index (κ2) is 10.2. The minimum atomic E-state index is -0.170. The number of hydrogen-bond acceptors (Lipinski definition) is 1. The first-order valence-corrected chi connectivity index (χ1v) is 16.0. The lowest BCUT2D eigenvalue weighted by atomic mass is 9.77. The topological polar surface area (TPSA) is 13.1 Å². The molecule has 0 atom stereocenters. The molecule has 0 spiro atoms. The lowest BCUT2D eigenvalue weighted by molar-refractivity contribution is 0.661. The number of fused-ring (bicyclic) bond motifs is 6. The van der Waals surface area contributed by atoms with Gasteiger partial charge in [0.15, 0.2) is 0 Å². The maximum atomic E-state index is 6.16. The highest BCUT2D eigenvalue weighted by Crippen LogP contribution is 2.57. The van der Waals surface area contributed by atoms with Gasteiger partial charge in [-0.1, -0.05) is 141 Å². The number of hydrogen-bond donors (Lipinski definition) is 0. The van der Waals surface area contributed by atoms with Gasteiger partial charge in [-0.15, -0.1) is 0 Å². The van der Waals surface area contributed by atoms with Crippen LogP contribution in [0.2, 0.25) is 0 Å². The van der Waals surface area contributed by atoms with Crippen molar-refractivity contribution in [3.8, 4) is 55.6 Å². The Kier molecular flexibility index (Phi) is 5.92. The average Bonchev–Trinajstić information content (AvgIpc) is 3.59. The number of rotatable bonds is 4. The van der Waals surface area contributed by atoms with Gasteiger partial charge in [-0.2, -0.15) is 0 Å². The smallest absolute Gasteiger partial charge is 0.135 e. The molecular formula is C45H32O. The van der Waals surface area contributed by atoms with Gasteiger partial charge in [-0.05, 0) is 97.1 Å². The van der Waals surface area contributed by atoms with Gasteiger partial charge in [0.2, 0.25) is 0 Å². The van der Waals surface area contributed by atoms with Crippen LogP contribution >= 0.6 is 0 Å². The van der Waals surface area contributed by atoms with Crippen molar-refractivity contribution in [2.75, 3.05) is 0 Å². The summed E-state index contributed by atoms with van der Waals surface area (Å²) >= 11 is 0. The zero-order chi connectivity index (χ0) is 30.8. The highest BCUT2D eigenvalue weighted by molar-refractivity contribution is 6.08. The molecule has 9 rings (SSSR count). The fraction of sp³-hybridized carbons (Fsp3) is 0.0667. The van der Waals surface area contributed by atoms with Gasteiger partial charge in [-0.3, -0.25) is 0 Å². The molecule has 1 aliphatic rings. The molecule has 0 amide bonds. The quantitative estimate of drug-likeness (QED) is 0.199. The second-order valence-corrected chi connectivity index (χ2v) is 12.9. The molecule has 0 unspecified atom stereocenters. The third-order valence-electron chi connectivity index (χ3n) is 9.88. The normalized spacial score (nSPS) is 13.2. The summed E-state index contributed by atoms with van der Waals surface area (Å²) < 4.78 is 6.16. The Morgan fingerprint density at radius 2 is 0.935 bits per heavy atom. The van der Waals surface area contributed by atoms with Crippen LogP contribution in [0.3, 0.4) is 0 Å². The van der Waals surface area contributed by atoms with E-state index in [-0.39, 0.29) is 5.41 Å². The van der Waals surface area contributed by atoms with E-state index in [4.69, 9.17) is 4.42 Å². The van der Waals surface area contributed by atoms with Crippen molar-refractivity contribution >= 4 is 21.9 Å². The third-order valence-corrected chi connectivity index (χ3v) is 9.88. The minimum absolute atomic E-state index is 0.170. The lowest BCUT2D eigenvalue weighted by Gasteiger charge is -2.25. The molecule has 1 aliphatic carbocycles. The molecule has 0 fully saturated rings. The predicted molar refractivity (Wildman–Crippen MR) is 193 cm³/mol. The number of para-hydroxylation sites is 1. The molecule has 0 aliphatic heterocycles. The SMILES string of the molecule is CC1(C)c2ccc(-c3ccc4oc5ccccc5c4c3)cc2-c2c1cc(-c1ccccc1)c(-c1ccccc1)c2-c1ccccc1. The van der Waals surface area contributed by atoms with E-state index in [0.717, 1.165) is 21.9 Å². The van der Waals surface area contributed by atoms with E-state index in [2.05, 4.69) is 159 Å². The van der Waals surface area contributed by atoms with E-state index in [1.807, 2.05) is 12.1 Å². The fourth-order valence-corrected chi connectivity index (χ4v) is 7.63. The van der Waals surface area contributed by atoms with Crippen LogP contribution in [0.25, 0.3) is 77.6 Å². The molecule has 0 bridgehead atoms. The molecule has 7 aromatic carbocycles. The fourth-order valence-electron chi connectivity index (χ4n) is 7.63. The molecule has 1 aromatic heterocycles. The van der Waals surface area contributed by atoms with Gasteiger partial charge >= 0.3 is 0 Å². The average molecular weight is 589 g/mol. The predicted octanol–water partition coefficient (Wildman–Crippen LogP) is 12.6. The maximum absolute atomic E-state index is 6.16. The van der Waals surface area contributed by atoms with Crippen molar-refractivity contribution in [1.82, 2.24) is 0 Å². The minimum Gasteiger partial charge on any atom is -0.456 e. The Balaban J connectivity index is 1.36. The van der Waals surface area contributed by atoms with Crippen molar-refractivity contribution in [3.05, 3.63) is 169 Å². The van der Waals surface area contributed by atoms with Crippen molar-refractivity contribution in [2.24, 2.45) is 0 Å². The van der Waals surface area contributed by atoms with Crippen LogP contribution < -0.4 is 0 Å². The summed E-state index contributed by atoms with van der Waals surface area (Å²) in [6, 6.07) is 57.2. The summed E-state index contributed by atoms with van der Waals surface area (Å²) in [5.41, 5.74) is 17.0. The van der Waals surface area contributed by atoms with Crippen LogP contribution in [0.1, 0.15) is 25.0 Å². The largest absolute Gasteiger partial charge is 0.456 e. The summed E-state index contributed by atoms with van der Waals surface area (Å²) in [5.74, 6) is 0. The van der Waals surface area contributed by atoms with Crippen LogP contribution in [-0.2, 0) is 5.41 Å². The maximum Gasteiger partial charge on any atom is 0.135 e. The first-order chi connectivity index (χ1) is 22.6. The van der Waals surface area contributed by atoms with Crippen molar-refractivity contribution < 1.29 is 4.42 Å². The van der Waals surface area contributed by atoms with Crippen molar-refractivity contribution in [2.45, 2.75) is 19.3 Å². The third kappa shape index (κ3) is 4.02. The summed E-state index contributed by atoms with van der Waals surface area (Å²) in [4.78, 5) is 0. The van der Waals surface area contributed by atoms with Gasteiger partial charge < -0.3 is 4.42 Å². The van der Waals surface area contributed by atoms with E-state index < -0.39 is 0 Å². The first-order valence-electron chi connectivity index (χ1n) is 16.0. The Bertz CT molecular complexity index is 2410. The first kappa shape index (κ1) is 26.7. The molecule has 0 radical (unpaired) electrons. The zero-order valence-electron chi connectivity index (χ0n) is 25.9. The van der Waals surface area contributed by atoms with E-state index >= 15 is 0 Å². The Morgan fingerprint density at radius 1 is 0.370 bits per heavy atom. The van der Waals surface area contributed by atoms with Crippen LogP contribution in [-0.4, -0.2) is 0 Å². The summed E-state index contributed by atoms with van der Waals surface area (Å²) in [5, 5.41) is 2.30. The molecule has 46 heavy (non-hydrogen) atoms. The van der Waals surface area contributed by atoms with Crippen molar-refractivity contribution in [1.29, 1.82) is 0 Å². The highest BCUT2D eigenvalue weighted by Gasteiger charge is 2.39. The summed E-state index contributed by atoms with van der Waals surface area (Å²) in [7, 11) is 0. The van der Waals surface area contributed by atoms with Gasteiger partial charge in [0.05, 0.1) is 0 Å². The molecule has 218 valence electrons. The lowest BCUT2D eigenvalue weighted by Crippen LogP contribution is -2.15. The van der Waals surface area contributed by atoms with Crippen LogP contribution in [0, 0.1) is 0 Å². The van der Waals surface area contributed by atoms with Crippen molar-refractivity contribution in [3.63, 3.8) is 0 Å². The zero-order valence-corrected chi connectivity index (χ0v) is 25.9. The summed E-state index contributed by atoms with van der Waals surface area (Å²) in [6.07, 6.45) is 0. The molecule has 1 nitrogen and oxygen atoms in total. The van der Waals surface area contributed by atoms with Crippen LogP contribution in [0.5, 0.6) is 0 Å². The van der Waals surface area contributed by atoms with E-state index in [0.29, 0.717) is 0 Å². The van der Waals surface area contributed by atoms with E-state index in [9.17, 15) is 0 Å². The molecule has 0 saturated carbocycles. The number of furan rings is 1. The molecule has 1 heterocycles. The Labute approximate surface area is 269 Å². The monoisotopic (exact) mass is 588 g/mol. The van der Waals surface area contributed by atoms with Crippen LogP contribution in [0.15, 0.2) is 162 Å². The molecule has 8 aromatic rings. The summed E-state index contributed by atoms with van der Waals surface area (Å²) in [6.45, 7) is 4.76. The van der Waals surface area contributed by atoms with E-state index in [1.54, 1.807) is 0 Å². The van der Waals surface area contributed by atoms with Gasteiger partial charge in [0.1, 0.15) is 11.2 Å². The Hall–Kier alpha value is -5.66. The Morgan fingerprint density at radius 3 is 1.65 bits per heavy atom. The molecule has 1 heteroatoms. The molecule has 0 N–H and O–H groups in total. The highest BCUT2D eigenvalue weighted by atomic mass is 16.3. The molecular weight excluding hydrogens is 556 g/mol. The van der Waals surface area contributed by atoms with Gasteiger partial charge in [-0.25, -0.2) is 0 Å². The number of benzene rings is 7. The van der Waals surface area contributed by atoms with E-state index in [1.165, 1.54) is 66.8 Å².